The SMILES string of the molecule is CN(Cc1cccc2c1OCCCO2)CC(C)(C)O. The predicted molar refractivity (Wildman–Crippen MR) is 74.7 cm³/mol. The van der Waals surface area contributed by atoms with E-state index in [1.54, 1.807) is 0 Å². The minimum Gasteiger partial charge on any atom is -0.490 e. The van der Waals surface area contributed by atoms with E-state index in [1.165, 1.54) is 0 Å². The molecular weight excluding hydrogens is 242 g/mol. The number of ether oxygens (including phenoxy) is 2. The van der Waals surface area contributed by atoms with Crippen molar-refractivity contribution in [2.24, 2.45) is 0 Å². The van der Waals surface area contributed by atoms with Crippen LogP contribution in [0.25, 0.3) is 0 Å². The molecule has 1 heterocycles. The fourth-order valence-corrected chi connectivity index (χ4v) is 2.39. The Morgan fingerprint density at radius 3 is 2.74 bits per heavy atom. The van der Waals surface area contributed by atoms with Gasteiger partial charge in [-0.15, -0.1) is 0 Å². The number of likely N-dealkylation sites (N-methyl/N-ethyl adjacent to an activating group) is 1. The van der Waals surface area contributed by atoms with Gasteiger partial charge in [0, 0.05) is 25.1 Å². The molecule has 0 bridgehead atoms. The predicted octanol–water partition coefficient (Wildman–Crippen LogP) is 2.05. The van der Waals surface area contributed by atoms with Gasteiger partial charge in [-0.3, -0.25) is 4.90 Å². The molecule has 2 rings (SSSR count). The van der Waals surface area contributed by atoms with Crippen LogP contribution in [-0.4, -0.2) is 42.4 Å². The maximum absolute atomic E-state index is 9.85. The van der Waals surface area contributed by atoms with Crippen molar-refractivity contribution in [3.05, 3.63) is 23.8 Å². The lowest BCUT2D eigenvalue weighted by Crippen LogP contribution is -2.35. The second-order valence-electron chi connectivity index (χ2n) is 5.78. The van der Waals surface area contributed by atoms with Gasteiger partial charge in [0.15, 0.2) is 11.5 Å². The lowest BCUT2D eigenvalue weighted by atomic mass is 10.1. The van der Waals surface area contributed by atoms with Gasteiger partial charge in [-0.1, -0.05) is 12.1 Å². The van der Waals surface area contributed by atoms with Crippen molar-refractivity contribution in [2.75, 3.05) is 26.8 Å². The molecule has 0 atom stereocenters. The minimum absolute atomic E-state index is 0.609. The summed E-state index contributed by atoms with van der Waals surface area (Å²) in [6.45, 7) is 6.37. The van der Waals surface area contributed by atoms with Crippen molar-refractivity contribution < 1.29 is 14.6 Å². The molecule has 106 valence electrons. The second-order valence-corrected chi connectivity index (χ2v) is 5.78. The van der Waals surface area contributed by atoms with E-state index >= 15 is 0 Å². The monoisotopic (exact) mass is 265 g/mol. The first-order valence-corrected chi connectivity index (χ1v) is 6.74. The molecule has 4 nitrogen and oxygen atoms in total. The highest BCUT2D eigenvalue weighted by Crippen LogP contribution is 2.33. The first kappa shape index (κ1) is 14.2. The fourth-order valence-electron chi connectivity index (χ4n) is 2.39. The summed E-state index contributed by atoms with van der Waals surface area (Å²) in [5, 5.41) is 9.85. The molecule has 0 radical (unpaired) electrons. The van der Waals surface area contributed by atoms with Gasteiger partial charge in [-0.2, -0.15) is 0 Å². The molecule has 0 aromatic heterocycles. The Balaban J connectivity index is 2.12. The molecule has 1 aliphatic rings. The van der Waals surface area contributed by atoms with Crippen molar-refractivity contribution in [2.45, 2.75) is 32.4 Å². The van der Waals surface area contributed by atoms with Crippen molar-refractivity contribution in [1.82, 2.24) is 4.90 Å². The van der Waals surface area contributed by atoms with Crippen molar-refractivity contribution >= 4 is 0 Å². The third kappa shape index (κ3) is 4.11. The molecule has 1 aromatic carbocycles. The van der Waals surface area contributed by atoms with Gasteiger partial charge in [0.05, 0.1) is 18.8 Å². The summed E-state index contributed by atoms with van der Waals surface area (Å²) in [5.74, 6) is 1.68. The van der Waals surface area contributed by atoms with Gasteiger partial charge in [0.2, 0.25) is 0 Å². The Labute approximate surface area is 114 Å². The Bertz CT molecular complexity index is 426. The lowest BCUT2D eigenvalue weighted by Gasteiger charge is -2.26. The Kier molecular flexibility index (Phi) is 4.32. The van der Waals surface area contributed by atoms with Gasteiger partial charge in [0.25, 0.3) is 0 Å². The molecule has 0 saturated heterocycles. The summed E-state index contributed by atoms with van der Waals surface area (Å²) in [7, 11) is 1.99. The number of fused-ring (bicyclic) bond motifs is 1. The number of aliphatic hydroxyl groups is 1. The molecule has 0 unspecified atom stereocenters. The number of rotatable bonds is 4. The van der Waals surface area contributed by atoms with E-state index in [1.807, 2.05) is 39.1 Å². The number of hydrogen-bond donors (Lipinski definition) is 1. The van der Waals surface area contributed by atoms with Crippen molar-refractivity contribution in [3.63, 3.8) is 0 Å². The zero-order valence-electron chi connectivity index (χ0n) is 12.0. The zero-order valence-corrected chi connectivity index (χ0v) is 12.0. The van der Waals surface area contributed by atoms with Gasteiger partial charge < -0.3 is 14.6 Å². The Hall–Kier alpha value is -1.26. The van der Waals surface area contributed by atoms with Crippen LogP contribution in [0.5, 0.6) is 11.5 Å². The molecule has 1 aliphatic heterocycles. The van der Waals surface area contributed by atoms with Gasteiger partial charge in [-0.25, -0.2) is 0 Å². The van der Waals surface area contributed by atoms with E-state index in [0.717, 1.165) is 30.0 Å². The van der Waals surface area contributed by atoms with Crippen LogP contribution in [0.4, 0.5) is 0 Å². The van der Waals surface area contributed by atoms with Crippen molar-refractivity contribution in [1.29, 1.82) is 0 Å². The summed E-state index contributed by atoms with van der Waals surface area (Å²) >= 11 is 0. The summed E-state index contributed by atoms with van der Waals surface area (Å²) in [6.07, 6.45) is 0.910. The van der Waals surface area contributed by atoms with E-state index in [4.69, 9.17) is 9.47 Å². The number of hydrogen-bond acceptors (Lipinski definition) is 4. The third-order valence-corrected chi connectivity index (χ3v) is 2.95. The minimum atomic E-state index is -0.697. The summed E-state index contributed by atoms with van der Waals surface area (Å²) < 4.78 is 11.5. The van der Waals surface area contributed by atoms with E-state index in [0.29, 0.717) is 19.8 Å². The molecule has 0 amide bonds. The highest BCUT2D eigenvalue weighted by molar-refractivity contribution is 5.47. The average Bonchev–Trinajstić information content (AvgIpc) is 2.52. The van der Waals surface area contributed by atoms with Crippen LogP contribution in [0, 0.1) is 0 Å². The molecule has 19 heavy (non-hydrogen) atoms. The molecule has 0 saturated carbocycles. The maximum Gasteiger partial charge on any atom is 0.165 e. The highest BCUT2D eigenvalue weighted by Gasteiger charge is 2.19. The Morgan fingerprint density at radius 1 is 1.26 bits per heavy atom. The van der Waals surface area contributed by atoms with Gasteiger partial charge in [-0.05, 0) is 27.0 Å². The molecule has 1 N–H and O–H groups in total. The molecule has 1 aromatic rings. The zero-order chi connectivity index (χ0) is 13.9. The van der Waals surface area contributed by atoms with E-state index in [2.05, 4.69) is 4.90 Å². The first-order valence-electron chi connectivity index (χ1n) is 6.74. The van der Waals surface area contributed by atoms with Crippen molar-refractivity contribution in [3.8, 4) is 11.5 Å². The number of nitrogens with zero attached hydrogens (tertiary/aromatic N) is 1. The molecular formula is C15H23NO3. The largest absolute Gasteiger partial charge is 0.490 e. The van der Waals surface area contributed by atoms with Crippen LogP contribution in [0.1, 0.15) is 25.8 Å². The number of para-hydroxylation sites is 1. The standard InChI is InChI=1S/C15H23NO3/c1-15(2,17)11-16(3)10-12-6-4-7-13-14(12)19-9-5-8-18-13/h4,6-7,17H,5,8-11H2,1-3H3. The smallest absolute Gasteiger partial charge is 0.165 e. The summed E-state index contributed by atoms with van der Waals surface area (Å²) in [5.41, 5.74) is 0.406. The van der Waals surface area contributed by atoms with E-state index < -0.39 is 5.60 Å². The fraction of sp³-hybridized carbons (Fsp3) is 0.600. The first-order chi connectivity index (χ1) is 8.96. The van der Waals surface area contributed by atoms with Gasteiger partial charge >= 0.3 is 0 Å². The molecule has 0 fully saturated rings. The summed E-state index contributed by atoms with van der Waals surface area (Å²) in [6, 6.07) is 5.98. The molecule has 4 heteroatoms. The van der Waals surface area contributed by atoms with Crippen LogP contribution in [0.3, 0.4) is 0 Å². The molecule has 0 spiro atoms. The van der Waals surface area contributed by atoms with Crippen LogP contribution in [0.2, 0.25) is 0 Å². The Morgan fingerprint density at radius 2 is 2.00 bits per heavy atom. The number of benzene rings is 1. The van der Waals surface area contributed by atoms with E-state index in [-0.39, 0.29) is 0 Å². The quantitative estimate of drug-likeness (QED) is 0.904. The second kappa shape index (κ2) is 5.80. The highest BCUT2D eigenvalue weighted by atomic mass is 16.5. The van der Waals surface area contributed by atoms with Gasteiger partial charge in [0.1, 0.15) is 0 Å². The van der Waals surface area contributed by atoms with E-state index in [9.17, 15) is 5.11 Å². The normalized spacial score (nSPS) is 15.4. The maximum atomic E-state index is 9.85. The molecule has 0 aliphatic carbocycles. The van der Waals surface area contributed by atoms with Crippen LogP contribution in [-0.2, 0) is 6.54 Å². The van der Waals surface area contributed by atoms with Crippen LogP contribution >= 0.6 is 0 Å². The topological polar surface area (TPSA) is 41.9 Å². The van der Waals surface area contributed by atoms with Crippen LogP contribution < -0.4 is 9.47 Å². The van der Waals surface area contributed by atoms with Crippen LogP contribution in [0.15, 0.2) is 18.2 Å². The lowest BCUT2D eigenvalue weighted by molar-refractivity contribution is 0.0422. The average molecular weight is 265 g/mol. The third-order valence-electron chi connectivity index (χ3n) is 2.95. The summed E-state index contributed by atoms with van der Waals surface area (Å²) in [4.78, 5) is 2.09.